The van der Waals surface area contributed by atoms with Crippen molar-refractivity contribution in [3.8, 4) is 0 Å². The first-order valence-corrected chi connectivity index (χ1v) is 8.98. The lowest BCUT2D eigenvalue weighted by atomic mass is 10.0. The summed E-state index contributed by atoms with van der Waals surface area (Å²) >= 11 is 8.20. The molecule has 1 aromatic carbocycles. The Morgan fingerprint density at radius 2 is 1.90 bits per heavy atom. The molecule has 1 heterocycles. The first kappa shape index (κ1) is 16.5. The molecule has 0 aliphatic rings. The molecule has 0 spiro atoms. The molecule has 0 radical (unpaired) electrons. The Morgan fingerprint density at radius 1 is 1.19 bits per heavy atom. The number of nitrogens with one attached hydrogen (secondary N) is 1. The van der Waals surface area contributed by atoms with Crippen molar-refractivity contribution >= 4 is 22.9 Å². The van der Waals surface area contributed by atoms with E-state index < -0.39 is 0 Å². The van der Waals surface area contributed by atoms with Gasteiger partial charge in [-0.05, 0) is 48.4 Å². The molecule has 0 fully saturated rings. The van der Waals surface area contributed by atoms with Crippen LogP contribution in [0.1, 0.15) is 54.3 Å². The van der Waals surface area contributed by atoms with Gasteiger partial charge in [0, 0.05) is 4.88 Å². The predicted molar refractivity (Wildman–Crippen MR) is 94.6 cm³/mol. The molecule has 2 rings (SSSR count). The minimum absolute atomic E-state index is 0.196. The Morgan fingerprint density at radius 3 is 2.43 bits per heavy atom. The lowest BCUT2D eigenvalue weighted by molar-refractivity contribution is 0.639. The molecule has 114 valence electrons. The molecular formula is C18H24ClNS. The van der Waals surface area contributed by atoms with Crippen LogP contribution in [0.5, 0.6) is 0 Å². The third-order valence-corrected chi connectivity index (χ3v) is 5.51. The normalized spacial score (nSPS) is 12.6. The fraction of sp³-hybridized carbons (Fsp3) is 0.444. The van der Waals surface area contributed by atoms with Crippen LogP contribution in [0.15, 0.2) is 29.6 Å². The number of aryl methyl sites for hydroxylation is 2. The van der Waals surface area contributed by atoms with Crippen LogP contribution in [0, 0.1) is 6.92 Å². The van der Waals surface area contributed by atoms with Crippen LogP contribution in [0.3, 0.4) is 0 Å². The van der Waals surface area contributed by atoms with E-state index in [4.69, 9.17) is 11.6 Å². The topological polar surface area (TPSA) is 12.0 Å². The van der Waals surface area contributed by atoms with E-state index in [0.29, 0.717) is 0 Å². The van der Waals surface area contributed by atoms with E-state index in [1.165, 1.54) is 40.8 Å². The zero-order chi connectivity index (χ0) is 15.2. The summed E-state index contributed by atoms with van der Waals surface area (Å²) in [4.78, 5) is 1.22. The highest BCUT2D eigenvalue weighted by molar-refractivity contribution is 7.10. The molecule has 0 bridgehead atoms. The molecule has 0 amide bonds. The van der Waals surface area contributed by atoms with Crippen LogP contribution >= 0.6 is 22.9 Å². The van der Waals surface area contributed by atoms with Crippen molar-refractivity contribution in [1.29, 1.82) is 0 Å². The number of rotatable bonds is 7. The van der Waals surface area contributed by atoms with E-state index in [1.54, 1.807) is 11.3 Å². The second-order valence-corrected chi connectivity index (χ2v) is 6.72. The molecule has 0 aliphatic carbocycles. The standard InChI is InChI=1S/C18H24ClNS/c1-4-6-7-14-8-10-15(11-9-14)17(20-5-2)18-16(19)13(3)12-21-18/h8-12,17,20H,4-7H2,1-3H3. The second kappa shape index (κ2) is 7.98. The van der Waals surface area contributed by atoms with Crippen LogP contribution in [-0.2, 0) is 6.42 Å². The molecule has 1 N–H and O–H groups in total. The summed E-state index contributed by atoms with van der Waals surface area (Å²) in [6.07, 6.45) is 3.67. The minimum atomic E-state index is 0.196. The van der Waals surface area contributed by atoms with Gasteiger partial charge in [0.05, 0.1) is 11.1 Å². The summed E-state index contributed by atoms with van der Waals surface area (Å²) in [6.45, 7) is 7.36. The average Bonchev–Trinajstić information content (AvgIpc) is 2.83. The Labute approximate surface area is 137 Å². The van der Waals surface area contributed by atoms with Gasteiger partial charge in [0.15, 0.2) is 0 Å². The molecule has 1 atom stereocenters. The van der Waals surface area contributed by atoms with Crippen molar-refractivity contribution in [3.05, 3.63) is 56.2 Å². The smallest absolute Gasteiger partial charge is 0.0686 e. The minimum Gasteiger partial charge on any atom is -0.306 e. The molecular weight excluding hydrogens is 298 g/mol. The van der Waals surface area contributed by atoms with Gasteiger partial charge < -0.3 is 5.32 Å². The number of benzene rings is 1. The fourth-order valence-corrected chi connectivity index (χ4v) is 3.87. The van der Waals surface area contributed by atoms with Crippen LogP contribution in [0.2, 0.25) is 5.02 Å². The van der Waals surface area contributed by atoms with Crippen LogP contribution < -0.4 is 5.32 Å². The van der Waals surface area contributed by atoms with E-state index in [-0.39, 0.29) is 6.04 Å². The monoisotopic (exact) mass is 321 g/mol. The largest absolute Gasteiger partial charge is 0.306 e. The van der Waals surface area contributed by atoms with Gasteiger partial charge in [0.25, 0.3) is 0 Å². The van der Waals surface area contributed by atoms with Crippen LogP contribution in [0.25, 0.3) is 0 Å². The molecule has 2 aromatic rings. The number of hydrogen-bond donors (Lipinski definition) is 1. The molecule has 1 nitrogen and oxygen atoms in total. The zero-order valence-corrected chi connectivity index (χ0v) is 14.7. The Bertz CT molecular complexity index is 559. The van der Waals surface area contributed by atoms with E-state index in [9.17, 15) is 0 Å². The van der Waals surface area contributed by atoms with Crippen LogP contribution in [0.4, 0.5) is 0 Å². The number of unbranched alkanes of at least 4 members (excludes halogenated alkanes) is 1. The van der Waals surface area contributed by atoms with Crippen molar-refractivity contribution in [2.24, 2.45) is 0 Å². The van der Waals surface area contributed by atoms with Crippen molar-refractivity contribution < 1.29 is 0 Å². The van der Waals surface area contributed by atoms with Gasteiger partial charge in [-0.2, -0.15) is 0 Å². The lowest BCUT2D eigenvalue weighted by Gasteiger charge is -2.18. The maximum Gasteiger partial charge on any atom is 0.0686 e. The number of halogens is 1. The highest BCUT2D eigenvalue weighted by atomic mass is 35.5. The molecule has 3 heteroatoms. The first-order valence-electron chi connectivity index (χ1n) is 7.73. The van der Waals surface area contributed by atoms with Crippen molar-refractivity contribution in [1.82, 2.24) is 5.32 Å². The Hall–Kier alpha value is -0.830. The molecule has 1 unspecified atom stereocenters. The van der Waals surface area contributed by atoms with Gasteiger partial charge in [-0.3, -0.25) is 0 Å². The quantitative estimate of drug-likeness (QED) is 0.684. The van der Waals surface area contributed by atoms with Gasteiger partial charge in [0.2, 0.25) is 0 Å². The molecule has 1 aromatic heterocycles. The van der Waals surface area contributed by atoms with E-state index >= 15 is 0 Å². The Balaban J connectivity index is 2.24. The average molecular weight is 322 g/mol. The van der Waals surface area contributed by atoms with Gasteiger partial charge in [-0.1, -0.05) is 56.1 Å². The number of hydrogen-bond acceptors (Lipinski definition) is 2. The SMILES string of the molecule is CCCCc1ccc(C(NCC)c2scc(C)c2Cl)cc1. The van der Waals surface area contributed by atoms with Gasteiger partial charge in [0.1, 0.15) is 0 Å². The van der Waals surface area contributed by atoms with Crippen LogP contribution in [-0.4, -0.2) is 6.54 Å². The number of thiophene rings is 1. The molecule has 0 aliphatic heterocycles. The second-order valence-electron chi connectivity index (χ2n) is 5.43. The van der Waals surface area contributed by atoms with Crippen molar-refractivity contribution in [2.75, 3.05) is 6.54 Å². The summed E-state index contributed by atoms with van der Waals surface area (Å²) in [5.41, 5.74) is 3.88. The highest BCUT2D eigenvalue weighted by Gasteiger charge is 2.19. The van der Waals surface area contributed by atoms with Gasteiger partial charge >= 0.3 is 0 Å². The van der Waals surface area contributed by atoms with Gasteiger partial charge in [-0.15, -0.1) is 11.3 Å². The van der Waals surface area contributed by atoms with E-state index in [1.807, 2.05) is 0 Å². The van der Waals surface area contributed by atoms with Gasteiger partial charge in [-0.25, -0.2) is 0 Å². The third-order valence-electron chi connectivity index (χ3n) is 3.73. The summed E-state index contributed by atoms with van der Waals surface area (Å²) in [6, 6.07) is 9.18. The summed E-state index contributed by atoms with van der Waals surface area (Å²) < 4.78 is 0. The molecule has 21 heavy (non-hydrogen) atoms. The lowest BCUT2D eigenvalue weighted by Crippen LogP contribution is -2.21. The molecule has 0 saturated heterocycles. The summed E-state index contributed by atoms with van der Waals surface area (Å²) in [5.74, 6) is 0. The van der Waals surface area contributed by atoms with Crippen molar-refractivity contribution in [3.63, 3.8) is 0 Å². The first-order chi connectivity index (χ1) is 10.2. The third kappa shape index (κ3) is 4.09. The Kier molecular flexibility index (Phi) is 6.28. The summed E-state index contributed by atoms with van der Waals surface area (Å²) in [7, 11) is 0. The zero-order valence-electron chi connectivity index (χ0n) is 13.1. The molecule has 0 saturated carbocycles. The fourth-order valence-electron chi connectivity index (χ4n) is 2.47. The maximum atomic E-state index is 6.46. The predicted octanol–water partition coefficient (Wildman–Crippen LogP) is 5.75. The summed E-state index contributed by atoms with van der Waals surface area (Å²) in [5, 5.41) is 6.60. The maximum absolute atomic E-state index is 6.46. The highest BCUT2D eigenvalue weighted by Crippen LogP contribution is 2.35. The van der Waals surface area contributed by atoms with E-state index in [0.717, 1.165) is 11.6 Å². The van der Waals surface area contributed by atoms with Crippen molar-refractivity contribution in [2.45, 2.75) is 46.1 Å². The van der Waals surface area contributed by atoms with E-state index in [2.05, 4.69) is 55.7 Å².